The molecule has 4 N–H and O–H groups in total. The molecule has 1 aromatic rings. The van der Waals surface area contributed by atoms with Gasteiger partial charge in [-0.25, -0.2) is 10.2 Å². The van der Waals surface area contributed by atoms with Crippen molar-refractivity contribution in [3.63, 3.8) is 0 Å². The van der Waals surface area contributed by atoms with Crippen LogP contribution in [0.25, 0.3) is 0 Å². The Hall–Kier alpha value is 0.0600. The molecule has 6 nitrogen and oxygen atoms in total. The Bertz CT molecular complexity index is 332. The lowest BCUT2D eigenvalue weighted by molar-refractivity contribution is 0.397. The normalized spacial score (nSPS) is 9.39. The number of rotatable bonds is 6. The van der Waals surface area contributed by atoms with Crippen LogP contribution in [0.4, 0.5) is 5.69 Å². The standard InChI is InChI=1S/C8H14N4O2S2.2H2S/c1-11(15-14-10)7-4-3-5-8(6-7)13-16-12(2)9;;/h3-6H,9-10H2,1-2H3;2*1H2. The van der Waals surface area contributed by atoms with Gasteiger partial charge in [0, 0.05) is 20.2 Å². The van der Waals surface area contributed by atoms with Gasteiger partial charge in [0.05, 0.1) is 5.69 Å². The zero-order valence-corrected chi connectivity index (χ0v) is 13.6. The van der Waals surface area contributed by atoms with Crippen molar-refractivity contribution in [2.45, 2.75) is 0 Å². The summed E-state index contributed by atoms with van der Waals surface area (Å²) in [6.07, 6.45) is 0. The smallest absolute Gasteiger partial charge is 0.161 e. The molecule has 1 aromatic carbocycles. The Morgan fingerprint density at radius 2 is 1.83 bits per heavy atom. The zero-order chi connectivity index (χ0) is 12.0. The fourth-order valence-electron chi connectivity index (χ4n) is 0.941. The van der Waals surface area contributed by atoms with Crippen molar-refractivity contribution in [1.29, 1.82) is 0 Å². The molecule has 0 radical (unpaired) electrons. The summed E-state index contributed by atoms with van der Waals surface area (Å²) in [4.78, 5) is 0. The van der Waals surface area contributed by atoms with Crippen molar-refractivity contribution >= 4 is 57.1 Å². The summed E-state index contributed by atoms with van der Waals surface area (Å²) >= 11 is 2.08. The Balaban J connectivity index is 0. The van der Waals surface area contributed by atoms with Crippen molar-refractivity contribution in [2.24, 2.45) is 11.7 Å². The summed E-state index contributed by atoms with van der Waals surface area (Å²) in [5, 5.41) is 0. The first-order chi connectivity index (χ1) is 7.63. The van der Waals surface area contributed by atoms with Gasteiger partial charge in [-0.2, -0.15) is 31.4 Å². The number of anilines is 1. The number of hydrogen-bond donors (Lipinski definition) is 2. The van der Waals surface area contributed by atoms with E-state index in [4.69, 9.17) is 15.9 Å². The number of hydrogen-bond acceptors (Lipinski definition) is 8. The average Bonchev–Trinajstić information content (AvgIpc) is 2.27. The fraction of sp³-hybridized carbons (Fsp3) is 0.250. The fourth-order valence-corrected chi connectivity index (χ4v) is 1.58. The predicted octanol–water partition coefficient (Wildman–Crippen LogP) is 1.55. The maximum atomic E-state index is 5.41. The third-order valence-corrected chi connectivity index (χ3v) is 2.61. The molecule has 0 spiro atoms. The second-order valence-corrected chi connectivity index (χ2v) is 4.65. The molecule has 18 heavy (non-hydrogen) atoms. The van der Waals surface area contributed by atoms with Gasteiger partial charge in [0.2, 0.25) is 0 Å². The van der Waals surface area contributed by atoms with Crippen molar-refractivity contribution in [1.82, 2.24) is 4.41 Å². The number of hydrazine groups is 1. The van der Waals surface area contributed by atoms with Gasteiger partial charge in [0.25, 0.3) is 0 Å². The first-order valence-corrected chi connectivity index (χ1v) is 5.73. The van der Waals surface area contributed by atoms with Crippen molar-refractivity contribution in [3.8, 4) is 5.75 Å². The zero-order valence-electron chi connectivity index (χ0n) is 9.99. The minimum atomic E-state index is 0. The first-order valence-electron chi connectivity index (χ1n) is 4.34. The van der Waals surface area contributed by atoms with Crippen LogP contribution in [0.15, 0.2) is 24.3 Å². The van der Waals surface area contributed by atoms with Crippen LogP contribution in [0, 0.1) is 0 Å². The second-order valence-electron chi connectivity index (χ2n) is 2.87. The molecule has 0 bridgehead atoms. The summed E-state index contributed by atoms with van der Waals surface area (Å²) in [5.41, 5.74) is 0.910. The van der Waals surface area contributed by atoms with Crippen molar-refractivity contribution in [3.05, 3.63) is 24.3 Å². The van der Waals surface area contributed by atoms with Gasteiger partial charge in [-0.1, -0.05) is 6.07 Å². The van der Waals surface area contributed by atoms with E-state index in [0.29, 0.717) is 5.75 Å². The van der Waals surface area contributed by atoms with Crippen LogP contribution in [0.5, 0.6) is 5.75 Å². The van der Waals surface area contributed by atoms with Crippen LogP contribution in [0.3, 0.4) is 0 Å². The lowest BCUT2D eigenvalue weighted by Gasteiger charge is -2.16. The van der Waals surface area contributed by atoms with Crippen LogP contribution in [-0.4, -0.2) is 18.5 Å². The minimum Gasteiger partial charge on any atom is -0.409 e. The molecule has 0 saturated carbocycles. The van der Waals surface area contributed by atoms with Gasteiger partial charge < -0.3 is 4.18 Å². The van der Waals surface area contributed by atoms with Gasteiger partial charge in [0.1, 0.15) is 18.0 Å². The quantitative estimate of drug-likeness (QED) is 0.352. The molecule has 1 rings (SSSR count). The van der Waals surface area contributed by atoms with Gasteiger partial charge in [-0.15, -0.1) is 0 Å². The van der Waals surface area contributed by atoms with Crippen LogP contribution in [-0.2, 0) is 4.28 Å². The highest BCUT2D eigenvalue weighted by atomic mass is 32.2. The molecular formula is C8H18N4O2S4. The molecule has 0 saturated heterocycles. The molecule has 0 aliphatic rings. The molecule has 0 fully saturated rings. The van der Waals surface area contributed by atoms with E-state index < -0.39 is 0 Å². The summed E-state index contributed by atoms with van der Waals surface area (Å²) in [5.74, 6) is 11.1. The van der Waals surface area contributed by atoms with Crippen molar-refractivity contribution in [2.75, 3.05) is 18.4 Å². The Morgan fingerprint density at radius 3 is 2.39 bits per heavy atom. The molecule has 0 aromatic heterocycles. The predicted molar refractivity (Wildman–Crippen MR) is 88.6 cm³/mol. The summed E-state index contributed by atoms with van der Waals surface area (Å²) in [6.45, 7) is 0. The Morgan fingerprint density at radius 1 is 1.17 bits per heavy atom. The van der Waals surface area contributed by atoms with E-state index >= 15 is 0 Å². The molecule has 106 valence electrons. The first kappa shape index (κ1) is 20.4. The molecule has 0 aliphatic heterocycles. The third kappa shape index (κ3) is 7.48. The average molecular weight is 331 g/mol. The number of nitrogens with two attached hydrogens (primary N) is 2. The number of benzene rings is 1. The van der Waals surface area contributed by atoms with Crippen molar-refractivity contribution < 1.29 is 8.47 Å². The SMILES string of the molecule is CN(N)SOc1cccc(N(C)SON)c1.S.S. The lowest BCUT2D eigenvalue weighted by Crippen LogP contribution is -2.18. The molecule has 10 heteroatoms. The number of nitrogens with zero attached hydrogens (tertiary/aromatic N) is 2. The van der Waals surface area contributed by atoms with Crippen LogP contribution in [0.1, 0.15) is 0 Å². The van der Waals surface area contributed by atoms with E-state index in [1.807, 2.05) is 31.3 Å². The van der Waals surface area contributed by atoms with E-state index in [0.717, 1.165) is 30.1 Å². The maximum Gasteiger partial charge on any atom is 0.161 e. The topological polar surface area (TPSA) is 77.0 Å². The lowest BCUT2D eigenvalue weighted by atomic mass is 10.3. The third-order valence-electron chi connectivity index (χ3n) is 1.59. The highest BCUT2D eigenvalue weighted by Gasteiger charge is 2.04. The second kappa shape index (κ2) is 10.9. The van der Waals surface area contributed by atoms with E-state index in [-0.39, 0.29) is 27.0 Å². The van der Waals surface area contributed by atoms with E-state index in [9.17, 15) is 0 Å². The molecule has 0 aliphatic carbocycles. The summed E-state index contributed by atoms with van der Waals surface area (Å²) in [6, 6.07) is 7.47. The molecule has 0 amide bonds. The van der Waals surface area contributed by atoms with Gasteiger partial charge >= 0.3 is 0 Å². The largest absolute Gasteiger partial charge is 0.409 e. The molecule has 0 atom stereocenters. The van der Waals surface area contributed by atoms with E-state index in [2.05, 4.69) is 4.28 Å². The molecule has 0 unspecified atom stereocenters. The van der Waals surface area contributed by atoms with Gasteiger partial charge in [-0.3, -0.25) is 10.1 Å². The van der Waals surface area contributed by atoms with E-state index in [1.165, 1.54) is 4.41 Å². The molecule has 0 heterocycles. The van der Waals surface area contributed by atoms with Gasteiger partial charge in [0.15, 0.2) is 12.2 Å². The maximum absolute atomic E-state index is 5.41. The summed E-state index contributed by atoms with van der Waals surface area (Å²) in [7, 11) is 3.53. The van der Waals surface area contributed by atoms with Crippen LogP contribution in [0.2, 0.25) is 0 Å². The Labute approximate surface area is 130 Å². The Kier molecular flexibility index (Phi) is 12.4. The van der Waals surface area contributed by atoms with Crippen LogP contribution < -0.4 is 20.2 Å². The van der Waals surface area contributed by atoms with Gasteiger partial charge in [-0.05, 0) is 12.1 Å². The monoisotopic (exact) mass is 330 g/mol. The highest BCUT2D eigenvalue weighted by molar-refractivity contribution is 7.96. The minimum absolute atomic E-state index is 0. The highest BCUT2D eigenvalue weighted by Crippen LogP contribution is 2.26. The van der Waals surface area contributed by atoms with Crippen LogP contribution >= 0.6 is 51.4 Å². The summed E-state index contributed by atoms with van der Waals surface area (Å²) < 4.78 is 12.9. The molecular weight excluding hydrogens is 312 g/mol. The van der Waals surface area contributed by atoms with E-state index in [1.54, 1.807) is 11.4 Å².